The molecule has 0 bridgehead atoms. The van der Waals surface area contributed by atoms with Crippen LogP contribution in [0.15, 0.2) is 35.4 Å². The first-order valence-corrected chi connectivity index (χ1v) is 15.6. The minimum Gasteiger partial charge on any atom is -0.385 e. The SMILES string of the molecule is CC1(C)COC2(CCC3=C4[C@@H](CC[C@@]3(O)C2)[C@@H]2CC[C@@](O)(C(F)(F)C(F)(F)F)[C@@]2(C)C[C@@H]4c2ccc(C#CCN)cc2)OC1. The first-order valence-electron chi connectivity index (χ1n) is 15.6. The van der Waals surface area contributed by atoms with E-state index in [1.807, 2.05) is 12.1 Å². The monoisotopic (exact) mass is 623 g/mol. The second-order valence-corrected chi connectivity index (χ2v) is 14.8. The van der Waals surface area contributed by atoms with Crippen molar-refractivity contribution in [2.45, 2.75) is 107 Å². The smallest absolute Gasteiger partial charge is 0.385 e. The molecule has 3 saturated carbocycles. The predicted octanol–water partition coefficient (Wildman–Crippen LogP) is 6.22. The van der Waals surface area contributed by atoms with Crippen molar-refractivity contribution in [3.8, 4) is 11.8 Å². The van der Waals surface area contributed by atoms with Gasteiger partial charge in [-0.05, 0) is 73.6 Å². The van der Waals surface area contributed by atoms with Gasteiger partial charge in [-0.3, -0.25) is 0 Å². The summed E-state index contributed by atoms with van der Waals surface area (Å²) >= 11 is 0. The average molecular weight is 624 g/mol. The lowest BCUT2D eigenvalue weighted by Crippen LogP contribution is -2.65. The number of alkyl halides is 5. The van der Waals surface area contributed by atoms with Crippen molar-refractivity contribution in [3.63, 3.8) is 0 Å². The highest BCUT2D eigenvalue weighted by Crippen LogP contribution is 2.71. The zero-order valence-electron chi connectivity index (χ0n) is 25.5. The highest BCUT2D eigenvalue weighted by molar-refractivity contribution is 5.46. The van der Waals surface area contributed by atoms with Crippen molar-refractivity contribution in [3.05, 3.63) is 46.5 Å². The average Bonchev–Trinajstić information content (AvgIpc) is 3.24. The topological polar surface area (TPSA) is 84.9 Å². The molecule has 1 aromatic carbocycles. The van der Waals surface area contributed by atoms with Crippen LogP contribution >= 0.6 is 0 Å². The summed E-state index contributed by atoms with van der Waals surface area (Å²) in [6.45, 7) is 6.69. The van der Waals surface area contributed by atoms with Gasteiger partial charge in [0.05, 0.1) is 25.4 Å². The van der Waals surface area contributed by atoms with Gasteiger partial charge < -0.3 is 25.4 Å². The molecule has 0 aromatic heterocycles. The minimum atomic E-state index is -5.89. The van der Waals surface area contributed by atoms with Crippen molar-refractivity contribution in [2.75, 3.05) is 19.8 Å². The standard InChI is InChI=1S/C34H42F5NO4/c1-28(2)19-43-31(44-20-28)14-11-26-27-23(10-13-30(26,41)18-31)25-12-15-32(42,33(35,36)34(37,38)39)29(25,3)17-24(27)22-8-6-21(7-9-22)5-4-16-40/h6-9,23-25,41-42H,10-20,40H2,1-3H3/t23-,24+,25-,29-,30+,32-/m0/s1. The Bertz CT molecular complexity index is 1380. The van der Waals surface area contributed by atoms with Crippen LogP contribution in [0.3, 0.4) is 0 Å². The number of fused-ring (bicyclic) bond motifs is 4. The fourth-order valence-electron chi connectivity index (χ4n) is 9.26. The number of benzene rings is 1. The maximum atomic E-state index is 15.3. The highest BCUT2D eigenvalue weighted by Gasteiger charge is 2.79. The van der Waals surface area contributed by atoms with Crippen LogP contribution < -0.4 is 5.73 Å². The molecule has 6 rings (SSSR count). The molecule has 6 atom stereocenters. The van der Waals surface area contributed by atoms with Gasteiger partial charge in [-0.15, -0.1) is 0 Å². The molecule has 4 N–H and O–H groups in total. The van der Waals surface area contributed by atoms with E-state index in [2.05, 4.69) is 25.7 Å². The Morgan fingerprint density at radius 3 is 2.23 bits per heavy atom. The van der Waals surface area contributed by atoms with E-state index < -0.39 is 52.8 Å². The Hall–Kier alpha value is -2.03. The van der Waals surface area contributed by atoms with E-state index in [0.717, 1.165) is 16.7 Å². The third-order valence-corrected chi connectivity index (χ3v) is 11.5. The predicted molar refractivity (Wildman–Crippen MR) is 153 cm³/mol. The van der Waals surface area contributed by atoms with Gasteiger partial charge in [-0.25, -0.2) is 0 Å². The fourth-order valence-corrected chi connectivity index (χ4v) is 9.26. The summed E-state index contributed by atoms with van der Waals surface area (Å²) < 4.78 is 84.6. The Balaban J connectivity index is 1.45. The molecule has 0 amide bonds. The van der Waals surface area contributed by atoms with E-state index in [4.69, 9.17) is 15.2 Å². The van der Waals surface area contributed by atoms with E-state index in [1.165, 1.54) is 6.92 Å². The third-order valence-electron chi connectivity index (χ3n) is 11.5. The second-order valence-electron chi connectivity index (χ2n) is 14.8. The van der Waals surface area contributed by atoms with Crippen LogP contribution in [0, 0.1) is 34.5 Å². The van der Waals surface area contributed by atoms with Crippen molar-refractivity contribution < 1.29 is 41.6 Å². The number of allylic oxidation sites excluding steroid dienone is 1. The highest BCUT2D eigenvalue weighted by atomic mass is 19.4. The number of halogens is 5. The zero-order valence-corrected chi connectivity index (χ0v) is 25.5. The lowest BCUT2D eigenvalue weighted by molar-refractivity contribution is -0.362. The van der Waals surface area contributed by atoms with Crippen molar-refractivity contribution in [2.24, 2.45) is 28.4 Å². The molecule has 44 heavy (non-hydrogen) atoms. The Morgan fingerprint density at radius 2 is 1.61 bits per heavy atom. The second kappa shape index (κ2) is 10.2. The minimum absolute atomic E-state index is 0.0458. The summed E-state index contributed by atoms with van der Waals surface area (Å²) in [6.07, 6.45) is -4.67. The summed E-state index contributed by atoms with van der Waals surface area (Å²) in [7, 11) is 0. The van der Waals surface area contributed by atoms with Gasteiger partial charge in [0.25, 0.3) is 0 Å². The lowest BCUT2D eigenvalue weighted by atomic mass is 9.49. The molecule has 4 aliphatic carbocycles. The molecule has 0 unspecified atom stereocenters. The number of aliphatic hydroxyl groups is 2. The van der Waals surface area contributed by atoms with Crippen LogP contribution in [0.25, 0.3) is 0 Å². The summed E-state index contributed by atoms with van der Waals surface area (Å²) in [6, 6.07) is 7.22. The number of nitrogens with two attached hydrogens (primary N) is 1. The molecule has 1 saturated heterocycles. The van der Waals surface area contributed by atoms with Crippen LogP contribution in [-0.2, 0) is 9.47 Å². The molecule has 1 spiro atoms. The third kappa shape index (κ3) is 4.67. The molecule has 1 heterocycles. The van der Waals surface area contributed by atoms with E-state index in [9.17, 15) is 23.4 Å². The summed E-state index contributed by atoms with van der Waals surface area (Å²) in [5, 5.41) is 23.8. The Kier molecular flexibility index (Phi) is 7.43. The van der Waals surface area contributed by atoms with E-state index in [-0.39, 0.29) is 37.1 Å². The quantitative estimate of drug-likeness (QED) is 0.207. The largest absolute Gasteiger partial charge is 0.456 e. The number of ether oxygens (including phenoxy) is 2. The summed E-state index contributed by atoms with van der Waals surface area (Å²) in [5.41, 5.74) is 2.29. The van der Waals surface area contributed by atoms with Crippen LogP contribution in [-0.4, -0.2) is 59.1 Å². The zero-order chi connectivity index (χ0) is 32.0. The van der Waals surface area contributed by atoms with Gasteiger partial charge in [0, 0.05) is 35.2 Å². The molecular weight excluding hydrogens is 581 g/mol. The number of hydrogen-bond donors (Lipinski definition) is 3. The maximum absolute atomic E-state index is 15.3. The van der Waals surface area contributed by atoms with Crippen molar-refractivity contribution in [1.82, 2.24) is 0 Å². The van der Waals surface area contributed by atoms with Crippen LogP contribution in [0.4, 0.5) is 22.0 Å². The Labute approximate surface area is 255 Å². The molecule has 1 aromatic rings. The van der Waals surface area contributed by atoms with Crippen LogP contribution in [0.1, 0.15) is 89.2 Å². The van der Waals surface area contributed by atoms with Gasteiger partial charge in [0.15, 0.2) is 5.79 Å². The van der Waals surface area contributed by atoms with E-state index in [1.54, 1.807) is 12.1 Å². The molecule has 10 heteroatoms. The van der Waals surface area contributed by atoms with Crippen molar-refractivity contribution >= 4 is 0 Å². The molecule has 1 aliphatic heterocycles. The Morgan fingerprint density at radius 1 is 0.955 bits per heavy atom. The summed E-state index contributed by atoms with van der Waals surface area (Å²) in [5.74, 6) is -1.99. The van der Waals surface area contributed by atoms with Crippen LogP contribution in [0.2, 0.25) is 0 Å². The lowest BCUT2D eigenvalue weighted by Gasteiger charge is -2.59. The number of hydrogen-bond acceptors (Lipinski definition) is 5. The maximum Gasteiger partial charge on any atom is 0.456 e. The fraction of sp³-hybridized carbons (Fsp3) is 0.706. The van der Waals surface area contributed by atoms with Gasteiger partial charge in [0.1, 0.15) is 5.60 Å². The molecule has 242 valence electrons. The first-order chi connectivity index (χ1) is 20.4. The normalized spacial score (nSPS) is 37.9. The van der Waals surface area contributed by atoms with Gasteiger partial charge in [0.2, 0.25) is 0 Å². The number of rotatable bonds is 2. The van der Waals surface area contributed by atoms with Gasteiger partial charge >= 0.3 is 12.1 Å². The van der Waals surface area contributed by atoms with E-state index >= 15 is 8.78 Å². The molecule has 4 fully saturated rings. The van der Waals surface area contributed by atoms with Gasteiger partial charge in [-0.2, -0.15) is 22.0 Å². The molecule has 0 radical (unpaired) electrons. The summed E-state index contributed by atoms with van der Waals surface area (Å²) in [4.78, 5) is 0. The molecule has 5 aliphatic rings. The van der Waals surface area contributed by atoms with E-state index in [0.29, 0.717) is 44.5 Å². The van der Waals surface area contributed by atoms with Crippen molar-refractivity contribution in [1.29, 1.82) is 0 Å². The molecule has 5 nitrogen and oxygen atoms in total. The molecular formula is C34H42F5NO4. The van der Waals surface area contributed by atoms with Crippen LogP contribution in [0.5, 0.6) is 0 Å². The van der Waals surface area contributed by atoms with Gasteiger partial charge in [-0.1, -0.05) is 50.3 Å². The first kappa shape index (κ1) is 31.9.